The van der Waals surface area contributed by atoms with Crippen LogP contribution in [0.2, 0.25) is 0 Å². The second kappa shape index (κ2) is 5.46. The zero-order valence-corrected chi connectivity index (χ0v) is 11.2. The van der Waals surface area contributed by atoms with Crippen molar-refractivity contribution in [3.8, 4) is 6.07 Å². The summed E-state index contributed by atoms with van der Waals surface area (Å²) in [6.07, 6.45) is 5.89. The summed E-state index contributed by atoms with van der Waals surface area (Å²) in [5.41, 5.74) is 2.89. The Labute approximate surface area is 107 Å². The fraction of sp³-hybridized carbons (Fsp3) is 0.500. The van der Waals surface area contributed by atoms with Gasteiger partial charge in [0.05, 0.1) is 11.3 Å². The molecule has 17 heavy (non-hydrogen) atoms. The van der Waals surface area contributed by atoms with Gasteiger partial charge < -0.3 is 5.32 Å². The largest absolute Gasteiger partial charge is 0.381 e. The minimum Gasteiger partial charge on any atom is -0.381 e. The van der Waals surface area contributed by atoms with Crippen LogP contribution in [0.5, 0.6) is 0 Å². The van der Waals surface area contributed by atoms with E-state index in [9.17, 15) is 0 Å². The summed E-state index contributed by atoms with van der Waals surface area (Å²) in [4.78, 5) is 0. The molecule has 1 aromatic carbocycles. The molecule has 0 saturated heterocycles. The van der Waals surface area contributed by atoms with Crippen LogP contribution in [-0.2, 0) is 0 Å². The Bertz CT molecular complexity index is 436. The maximum Gasteiger partial charge on any atom is 0.101 e. The number of nitriles is 1. The summed E-state index contributed by atoms with van der Waals surface area (Å²) in [6, 6.07) is 8.83. The minimum atomic E-state index is 0.530. The summed E-state index contributed by atoms with van der Waals surface area (Å²) >= 11 is 1.95. The molecule has 1 fully saturated rings. The Kier molecular flexibility index (Phi) is 3.96. The molecule has 90 valence electrons. The molecule has 3 heteroatoms. The van der Waals surface area contributed by atoms with E-state index in [1.54, 1.807) is 0 Å². The van der Waals surface area contributed by atoms with Crippen LogP contribution in [0.25, 0.3) is 0 Å². The van der Waals surface area contributed by atoms with Crippen LogP contribution in [0.4, 0.5) is 5.69 Å². The second-order valence-electron chi connectivity index (χ2n) is 4.67. The highest BCUT2D eigenvalue weighted by Gasteiger charge is 2.24. The standard InChI is InChI=1S/C14H18N2S/c1-10-3-6-14(11(7-10)9-15)16-12-4-5-13(8-12)17-2/h3,6-7,12-13,16H,4-5,8H2,1-2H3. The van der Waals surface area contributed by atoms with Crippen LogP contribution in [0.15, 0.2) is 18.2 Å². The second-order valence-corrected chi connectivity index (χ2v) is 5.81. The summed E-state index contributed by atoms with van der Waals surface area (Å²) in [7, 11) is 0. The van der Waals surface area contributed by atoms with Gasteiger partial charge in [-0.25, -0.2) is 0 Å². The van der Waals surface area contributed by atoms with Crippen molar-refractivity contribution < 1.29 is 0 Å². The molecule has 0 spiro atoms. The number of rotatable bonds is 3. The van der Waals surface area contributed by atoms with Gasteiger partial charge in [0, 0.05) is 11.3 Å². The molecule has 0 amide bonds. The Balaban J connectivity index is 2.07. The molecule has 0 heterocycles. The lowest BCUT2D eigenvalue weighted by molar-refractivity contribution is 0.757. The topological polar surface area (TPSA) is 35.8 Å². The average molecular weight is 246 g/mol. The number of hydrogen-bond donors (Lipinski definition) is 1. The maximum absolute atomic E-state index is 9.12. The van der Waals surface area contributed by atoms with Crippen molar-refractivity contribution in [2.24, 2.45) is 0 Å². The highest BCUT2D eigenvalue weighted by atomic mass is 32.2. The summed E-state index contributed by atoms with van der Waals surface area (Å²) in [6.45, 7) is 2.02. The molecule has 0 radical (unpaired) electrons. The summed E-state index contributed by atoms with van der Waals surface area (Å²) in [5, 5.41) is 13.4. The van der Waals surface area contributed by atoms with Gasteiger partial charge in [0.1, 0.15) is 6.07 Å². The van der Waals surface area contributed by atoms with Crippen LogP contribution in [0.1, 0.15) is 30.4 Å². The van der Waals surface area contributed by atoms with Gasteiger partial charge in [-0.15, -0.1) is 0 Å². The first-order chi connectivity index (χ1) is 8.22. The van der Waals surface area contributed by atoms with E-state index in [2.05, 4.69) is 23.7 Å². The van der Waals surface area contributed by atoms with Gasteiger partial charge in [0.2, 0.25) is 0 Å². The molecule has 2 nitrogen and oxygen atoms in total. The monoisotopic (exact) mass is 246 g/mol. The number of benzene rings is 1. The van der Waals surface area contributed by atoms with Crippen molar-refractivity contribution in [2.75, 3.05) is 11.6 Å². The number of nitrogens with one attached hydrogen (secondary N) is 1. The first-order valence-electron chi connectivity index (χ1n) is 6.03. The molecule has 0 bridgehead atoms. The highest BCUT2D eigenvalue weighted by Crippen LogP contribution is 2.31. The highest BCUT2D eigenvalue weighted by molar-refractivity contribution is 7.99. The van der Waals surface area contributed by atoms with E-state index in [0.29, 0.717) is 6.04 Å². The normalized spacial score (nSPS) is 23.4. The zero-order valence-electron chi connectivity index (χ0n) is 10.4. The van der Waals surface area contributed by atoms with E-state index >= 15 is 0 Å². The Morgan fingerprint density at radius 2 is 2.24 bits per heavy atom. The quantitative estimate of drug-likeness (QED) is 0.885. The number of nitrogens with zero attached hydrogens (tertiary/aromatic N) is 1. The van der Waals surface area contributed by atoms with Gasteiger partial charge in [-0.3, -0.25) is 0 Å². The fourth-order valence-corrected chi connectivity index (χ4v) is 3.18. The molecule has 2 atom stereocenters. The molecule has 1 N–H and O–H groups in total. The van der Waals surface area contributed by atoms with Gasteiger partial charge >= 0.3 is 0 Å². The molecule has 2 rings (SSSR count). The van der Waals surface area contributed by atoms with Crippen molar-refractivity contribution in [3.05, 3.63) is 29.3 Å². The minimum absolute atomic E-state index is 0.530. The van der Waals surface area contributed by atoms with E-state index in [1.807, 2.05) is 30.8 Å². The fourth-order valence-electron chi connectivity index (χ4n) is 2.38. The van der Waals surface area contributed by atoms with Crippen LogP contribution in [0.3, 0.4) is 0 Å². The van der Waals surface area contributed by atoms with Crippen molar-refractivity contribution in [1.82, 2.24) is 0 Å². The van der Waals surface area contributed by atoms with Gasteiger partial charge in [0.25, 0.3) is 0 Å². The Morgan fingerprint density at radius 3 is 2.88 bits per heavy atom. The van der Waals surface area contributed by atoms with Crippen LogP contribution < -0.4 is 5.32 Å². The van der Waals surface area contributed by atoms with E-state index < -0.39 is 0 Å². The van der Waals surface area contributed by atoms with E-state index in [1.165, 1.54) is 19.3 Å². The van der Waals surface area contributed by atoms with Crippen LogP contribution in [-0.4, -0.2) is 17.5 Å². The molecule has 0 aromatic heterocycles. The number of aryl methyl sites for hydroxylation is 1. The molecule has 1 aromatic rings. The summed E-state index contributed by atoms with van der Waals surface area (Å²) < 4.78 is 0. The molecule has 1 aliphatic carbocycles. The first-order valence-corrected chi connectivity index (χ1v) is 7.32. The van der Waals surface area contributed by atoms with Crippen molar-refractivity contribution in [2.45, 2.75) is 37.5 Å². The van der Waals surface area contributed by atoms with Crippen LogP contribution in [0, 0.1) is 18.3 Å². The molecule has 2 unspecified atom stereocenters. The predicted molar refractivity (Wildman–Crippen MR) is 74.5 cm³/mol. The van der Waals surface area contributed by atoms with Gasteiger partial charge in [-0.05, 0) is 50.1 Å². The first kappa shape index (κ1) is 12.3. The van der Waals surface area contributed by atoms with E-state index in [0.717, 1.165) is 22.1 Å². The van der Waals surface area contributed by atoms with Crippen LogP contribution >= 0.6 is 11.8 Å². The predicted octanol–water partition coefficient (Wildman–Crippen LogP) is 3.56. The number of anilines is 1. The lowest BCUT2D eigenvalue weighted by Crippen LogP contribution is -2.16. The number of thioether (sulfide) groups is 1. The molecular formula is C14H18N2S. The lowest BCUT2D eigenvalue weighted by Gasteiger charge is -2.15. The van der Waals surface area contributed by atoms with E-state index in [-0.39, 0.29) is 0 Å². The third kappa shape index (κ3) is 2.95. The van der Waals surface area contributed by atoms with Gasteiger partial charge in [0.15, 0.2) is 0 Å². The zero-order chi connectivity index (χ0) is 12.3. The molecule has 0 aliphatic heterocycles. The SMILES string of the molecule is CSC1CCC(Nc2ccc(C)cc2C#N)C1. The third-order valence-corrected chi connectivity index (χ3v) is 4.47. The molecular weight excluding hydrogens is 228 g/mol. The average Bonchev–Trinajstić information content (AvgIpc) is 2.79. The molecule has 1 saturated carbocycles. The Morgan fingerprint density at radius 1 is 1.41 bits per heavy atom. The molecule has 1 aliphatic rings. The van der Waals surface area contributed by atoms with E-state index in [4.69, 9.17) is 5.26 Å². The summed E-state index contributed by atoms with van der Waals surface area (Å²) in [5.74, 6) is 0. The number of hydrogen-bond acceptors (Lipinski definition) is 3. The van der Waals surface area contributed by atoms with Crippen molar-refractivity contribution >= 4 is 17.4 Å². The maximum atomic E-state index is 9.12. The van der Waals surface area contributed by atoms with Crippen molar-refractivity contribution in [3.63, 3.8) is 0 Å². The lowest BCUT2D eigenvalue weighted by atomic mass is 10.1. The third-order valence-electron chi connectivity index (χ3n) is 3.37. The Hall–Kier alpha value is -1.14. The van der Waals surface area contributed by atoms with Gasteiger partial charge in [-0.1, -0.05) is 6.07 Å². The smallest absolute Gasteiger partial charge is 0.101 e. The van der Waals surface area contributed by atoms with Gasteiger partial charge in [-0.2, -0.15) is 17.0 Å². The van der Waals surface area contributed by atoms with Crippen molar-refractivity contribution in [1.29, 1.82) is 5.26 Å².